The van der Waals surface area contributed by atoms with Gasteiger partial charge in [-0.3, -0.25) is 4.79 Å². The number of aromatic hydroxyl groups is 1. The Morgan fingerprint density at radius 2 is 1.90 bits per heavy atom. The molecule has 2 aromatic rings. The molecule has 4 rings (SSSR count). The van der Waals surface area contributed by atoms with Gasteiger partial charge < -0.3 is 19.5 Å². The number of methoxy groups -OCH3 is 2. The number of pyridine rings is 1. The van der Waals surface area contributed by atoms with Crippen molar-refractivity contribution in [2.24, 2.45) is 0 Å². The molecule has 1 amide bonds. The van der Waals surface area contributed by atoms with Gasteiger partial charge in [0.05, 0.1) is 31.0 Å². The minimum Gasteiger partial charge on any atom is -0.496 e. The highest BCUT2D eigenvalue weighted by Gasteiger charge is 2.41. The fraction of sp³-hybridized carbons (Fsp3) is 0.304. The number of ether oxygens (including phenoxy) is 2. The van der Waals surface area contributed by atoms with Crippen LogP contribution in [-0.2, 0) is 6.42 Å². The Morgan fingerprint density at radius 1 is 1.16 bits per heavy atom. The molecule has 8 heteroatoms. The van der Waals surface area contributed by atoms with E-state index in [4.69, 9.17) is 32.7 Å². The van der Waals surface area contributed by atoms with Gasteiger partial charge in [0.2, 0.25) is 5.88 Å². The first kappa shape index (κ1) is 21.5. The van der Waals surface area contributed by atoms with Crippen molar-refractivity contribution >= 4 is 29.1 Å². The first-order valence-corrected chi connectivity index (χ1v) is 10.7. The number of halogens is 2. The third kappa shape index (κ3) is 3.86. The number of amides is 1. The molecule has 3 unspecified atom stereocenters. The second-order valence-electron chi connectivity index (χ2n) is 7.29. The molecule has 1 aliphatic heterocycles. The van der Waals surface area contributed by atoms with Crippen molar-refractivity contribution in [1.82, 2.24) is 9.88 Å². The maximum Gasteiger partial charge on any atom is 0.273 e. The molecule has 6 nitrogen and oxygen atoms in total. The lowest BCUT2D eigenvalue weighted by atomic mass is 9.83. The predicted octanol–water partition coefficient (Wildman–Crippen LogP) is 4.26. The quantitative estimate of drug-likeness (QED) is 0.690. The van der Waals surface area contributed by atoms with Gasteiger partial charge in [0.15, 0.2) is 0 Å². The van der Waals surface area contributed by atoms with E-state index in [1.54, 1.807) is 31.3 Å². The highest BCUT2D eigenvalue weighted by atomic mass is 35.5. The van der Waals surface area contributed by atoms with Gasteiger partial charge in [-0.2, -0.15) is 0 Å². The summed E-state index contributed by atoms with van der Waals surface area (Å²) in [7, 11) is 3.21. The number of carbonyl (C=O) groups is 1. The summed E-state index contributed by atoms with van der Waals surface area (Å²) in [4.78, 5) is 19.2. The molecule has 31 heavy (non-hydrogen) atoms. The number of rotatable bonds is 4. The van der Waals surface area contributed by atoms with Crippen LogP contribution >= 0.6 is 23.2 Å². The van der Waals surface area contributed by atoms with Crippen LogP contribution < -0.4 is 9.47 Å². The summed E-state index contributed by atoms with van der Waals surface area (Å²) in [6.07, 6.45) is 6.13. The Hall–Kier alpha value is -2.70. The van der Waals surface area contributed by atoms with Gasteiger partial charge in [0, 0.05) is 23.7 Å². The molecule has 1 N–H and O–H groups in total. The smallest absolute Gasteiger partial charge is 0.273 e. The molecule has 0 saturated carbocycles. The maximum atomic E-state index is 13.5. The molecule has 0 spiro atoms. The number of allylic oxidation sites excluding steroid dienone is 3. The number of benzene rings is 1. The van der Waals surface area contributed by atoms with Crippen LogP contribution in [0.2, 0.25) is 0 Å². The zero-order chi connectivity index (χ0) is 22.1. The van der Waals surface area contributed by atoms with Gasteiger partial charge in [0.25, 0.3) is 5.91 Å². The first-order chi connectivity index (χ1) is 15.0. The Labute approximate surface area is 190 Å². The topological polar surface area (TPSA) is 71.9 Å². The molecular formula is C23H22Cl2N2O4. The summed E-state index contributed by atoms with van der Waals surface area (Å²) in [6.45, 7) is 0.412. The average Bonchev–Trinajstić information content (AvgIpc) is 2.79. The third-order valence-electron chi connectivity index (χ3n) is 5.61. The minimum atomic E-state index is -0.529. The van der Waals surface area contributed by atoms with Crippen molar-refractivity contribution < 1.29 is 19.4 Å². The van der Waals surface area contributed by atoms with Crippen LogP contribution in [0, 0.1) is 0 Å². The molecule has 2 heterocycles. The molecule has 0 radical (unpaired) electrons. The number of aromatic nitrogens is 1. The van der Waals surface area contributed by atoms with E-state index < -0.39 is 16.8 Å². The molecule has 1 aromatic carbocycles. The van der Waals surface area contributed by atoms with Crippen molar-refractivity contribution in [3.8, 4) is 17.4 Å². The van der Waals surface area contributed by atoms with E-state index in [9.17, 15) is 9.90 Å². The van der Waals surface area contributed by atoms with Gasteiger partial charge in [0.1, 0.15) is 17.2 Å². The summed E-state index contributed by atoms with van der Waals surface area (Å²) in [5.74, 6) is 0.827. The van der Waals surface area contributed by atoms with E-state index in [0.29, 0.717) is 18.7 Å². The van der Waals surface area contributed by atoms with Gasteiger partial charge >= 0.3 is 0 Å². The summed E-state index contributed by atoms with van der Waals surface area (Å²) < 4.78 is 11.3. The van der Waals surface area contributed by atoms with Crippen molar-refractivity contribution in [1.29, 1.82) is 0 Å². The number of nitrogens with zero attached hydrogens (tertiary/aromatic N) is 2. The van der Waals surface area contributed by atoms with Crippen LogP contribution in [0.5, 0.6) is 17.4 Å². The van der Waals surface area contributed by atoms with Crippen LogP contribution in [-0.4, -0.2) is 52.4 Å². The van der Waals surface area contributed by atoms with E-state index >= 15 is 0 Å². The molecule has 0 bridgehead atoms. The largest absolute Gasteiger partial charge is 0.496 e. The molecular weight excluding hydrogens is 439 g/mol. The minimum absolute atomic E-state index is 0.149. The number of fused-ring (bicyclic) bond motifs is 1. The summed E-state index contributed by atoms with van der Waals surface area (Å²) in [6, 6.07) is 7.75. The van der Waals surface area contributed by atoms with Gasteiger partial charge in [-0.25, -0.2) is 4.98 Å². The van der Waals surface area contributed by atoms with Gasteiger partial charge in [-0.1, -0.05) is 24.3 Å². The van der Waals surface area contributed by atoms with Crippen molar-refractivity contribution in [3.63, 3.8) is 0 Å². The second kappa shape index (κ2) is 8.81. The molecule has 0 fully saturated rings. The zero-order valence-corrected chi connectivity index (χ0v) is 18.6. The monoisotopic (exact) mass is 460 g/mol. The maximum absolute atomic E-state index is 13.5. The Balaban J connectivity index is 1.90. The Kier molecular flexibility index (Phi) is 6.12. The van der Waals surface area contributed by atoms with Crippen molar-refractivity contribution in [2.75, 3.05) is 20.8 Å². The van der Waals surface area contributed by atoms with Crippen LogP contribution in [0.15, 0.2) is 54.1 Å². The fourth-order valence-electron chi connectivity index (χ4n) is 4.21. The SMILES string of the molecule is COc1ccc(OC)c2c1CCN(C(=O)c1cccc(O)n1)C2C1=CC=CC(Cl)C1Cl. The number of hydrogen-bond acceptors (Lipinski definition) is 5. The molecule has 0 saturated heterocycles. The second-order valence-corrected chi connectivity index (χ2v) is 8.27. The van der Waals surface area contributed by atoms with Crippen LogP contribution in [0.25, 0.3) is 0 Å². The Morgan fingerprint density at radius 3 is 2.61 bits per heavy atom. The van der Waals surface area contributed by atoms with Crippen LogP contribution in [0.3, 0.4) is 0 Å². The van der Waals surface area contributed by atoms with Crippen molar-refractivity contribution in [3.05, 3.63) is 71.0 Å². The van der Waals surface area contributed by atoms with E-state index in [1.165, 1.54) is 6.07 Å². The molecule has 1 aliphatic carbocycles. The van der Waals surface area contributed by atoms with Gasteiger partial charge in [-0.05, 0) is 30.2 Å². The lowest BCUT2D eigenvalue weighted by molar-refractivity contribution is 0.0678. The molecule has 162 valence electrons. The van der Waals surface area contributed by atoms with E-state index in [-0.39, 0.29) is 17.5 Å². The van der Waals surface area contributed by atoms with Crippen LogP contribution in [0.4, 0.5) is 0 Å². The highest BCUT2D eigenvalue weighted by Crippen LogP contribution is 2.47. The average molecular weight is 461 g/mol. The normalized spacial score (nSPS) is 22.5. The van der Waals surface area contributed by atoms with E-state index in [0.717, 1.165) is 22.4 Å². The number of hydrogen-bond donors (Lipinski definition) is 1. The summed E-state index contributed by atoms with van der Waals surface area (Å²) in [5, 5.41) is 8.84. The first-order valence-electron chi connectivity index (χ1n) is 9.83. The van der Waals surface area contributed by atoms with Crippen molar-refractivity contribution in [2.45, 2.75) is 23.2 Å². The fourth-order valence-corrected chi connectivity index (χ4v) is 4.72. The standard InChI is InChI=1S/C23H22Cl2N2O4/c1-30-17-9-10-18(31-2)20-13(17)11-12-27(23(29)16-7-4-8-19(28)26-16)22(20)14-5-3-6-15(24)21(14)25/h3-10,15,21-22H,11-12H2,1-2H3,(H,26,28). The van der Waals surface area contributed by atoms with Gasteiger partial charge in [-0.15, -0.1) is 23.2 Å². The lowest BCUT2D eigenvalue weighted by Crippen LogP contribution is -2.43. The molecule has 1 aromatic heterocycles. The molecule has 2 aliphatic rings. The third-order valence-corrected chi connectivity index (χ3v) is 6.66. The van der Waals surface area contributed by atoms with Crippen LogP contribution in [0.1, 0.15) is 27.7 Å². The Bertz CT molecular complexity index is 1070. The number of carbonyl (C=O) groups excluding carboxylic acids is 1. The zero-order valence-electron chi connectivity index (χ0n) is 17.1. The predicted molar refractivity (Wildman–Crippen MR) is 119 cm³/mol. The van der Waals surface area contributed by atoms with E-state index in [2.05, 4.69) is 4.98 Å². The number of alkyl halides is 2. The van der Waals surface area contributed by atoms with E-state index in [1.807, 2.05) is 30.4 Å². The lowest BCUT2D eigenvalue weighted by Gasteiger charge is -2.41. The highest BCUT2D eigenvalue weighted by molar-refractivity contribution is 6.32. The summed E-state index contributed by atoms with van der Waals surface area (Å²) >= 11 is 13.2. The summed E-state index contributed by atoms with van der Waals surface area (Å²) in [5.41, 5.74) is 2.71. The molecule has 3 atom stereocenters.